The number of hydrogen-bond acceptors (Lipinski definition) is 7. The summed E-state index contributed by atoms with van der Waals surface area (Å²) in [4.78, 5) is 40.8. The third-order valence-electron chi connectivity index (χ3n) is 11.1. The lowest BCUT2D eigenvalue weighted by Crippen LogP contribution is -2.67. The standard InChI is InChI=1S/C37H42O7/c1-19(2)29-31(40)27(20(3)38)33(42)37(44)34(43)30-32(41)28-25(17-35(30,4)18-36(29,37)5)24(13-14-26(28)39)23-12-8-11-22(16-23)15-21-9-6-7-10-21/h8,11-14,16,19,21,29,39-40,43-44H,6-7,9-10,15,17-18H2,1-5H3/t29?,35-,36-,37+/m1/s1. The molecule has 4 N–H and O–H groups in total. The number of Topliss-reactive ketones (excluding diaryl/α,β-unsaturated/α-hetero) is 3. The molecule has 4 aliphatic rings. The van der Waals surface area contributed by atoms with Gasteiger partial charge in [0.15, 0.2) is 17.2 Å². The number of aliphatic hydroxyl groups is 3. The van der Waals surface area contributed by atoms with Crippen LogP contribution in [0.5, 0.6) is 5.75 Å². The van der Waals surface area contributed by atoms with Crippen LogP contribution in [0, 0.1) is 28.6 Å². The molecule has 0 amide bonds. The van der Waals surface area contributed by atoms with Crippen LogP contribution >= 0.6 is 0 Å². The number of aliphatic hydroxyl groups excluding tert-OH is 2. The highest BCUT2D eigenvalue weighted by molar-refractivity contribution is 6.25. The number of rotatable bonds is 5. The van der Waals surface area contributed by atoms with Crippen molar-refractivity contribution in [3.63, 3.8) is 0 Å². The maximum absolute atomic E-state index is 14.4. The van der Waals surface area contributed by atoms with Crippen LogP contribution in [-0.4, -0.2) is 43.4 Å². The number of phenolic OH excluding ortho intramolecular Hbond substituents is 1. The minimum Gasteiger partial charge on any atom is -0.511 e. The highest BCUT2D eigenvalue weighted by Gasteiger charge is 2.71. The largest absolute Gasteiger partial charge is 0.511 e. The van der Waals surface area contributed by atoms with Crippen molar-refractivity contribution in [2.24, 2.45) is 28.6 Å². The lowest BCUT2D eigenvalue weighted by molar-refractivity contribution is -0.171. The van der Waals surface area contributed by atoms with Crippen LogP contribution in [0.15, 0.2) is 59.1 Å². The van der Waals surface area contributed by atoms with Crippen LogP contribution < -0.4 is 0 Å². The van der Waals surface area contributed by atoms with Crippen LogP contribution in [-0.2, 0) is 22.4 Å². The molecular formula is C37H42O7. The molecule has 7 nitrogen and oxygen atoms in total. The molecule has 4 aliphatic carbocycles. The zero-order valence-electron chi connectivity index (χ0n) is 26.2. The number of phenols is 1. The number of fused-ring (bicyclic) bond motifs is 3. The van der Waals surface area contributed by atoms with Gasteiger partial charge in [-0.15, -0.1) is 0 Å². The number of carbonyl (C=O) groups excluding carboxylic acids is 3. The fourth-order valence-corrected chi connectivity index (χ4v) is 9.42. The van der Waals surface area contributed by atoms with E-state index in [2.05, 4.69) is 12.1 Å². The first kappa shape index (κ1) is 30.3. The van der Waals surface area contributed by atoms with Crippen molar-refractivity contribution >= 4 is 17.3 Å². The average Bonchev–Trinajstić information content (AvgIpc) is 3.43. The van der Waals surface area contributed by atoms with Gasteiger partial charge >= 0.3 is 0 Å². The van der Waals surface area contributed by atoms with E-state index >= 15 is 0 Å². The van der Waals surface area contributed by atoms with Crippen molar-refractivity contribution in [2.45, 2.75) is 85.2 Å². The van der Waals surface area contributed by atoms with E-state index in [-0.39, 0.29) is 41.4 Å². The molecule has 4 atom stereocenters. The van der Waals surface area contributed by atoms with E-state index in [9.17, 15) is 34.8 Å². The van der Waals surface area contributed by atoms with Gasteiger partial charge in [0, 0.05) is 22.3 Å². The third kappa shape index (κ3) is 4.08. The van der Waals surface area contributed by atoms with Gasteiger partial charge < -0.3 is 20.4 Å². The van der Waals surface area contributed by atoms with Crippen molar-refractivity contribution in [3.05, 3.63) is 75.8 Å². The maximum atomic E-state index is 14.4. The van der Waals surface area contributed by atoms with Crippen LogP contribution in [0.2, 0.25) is 0 Å². The molecule has 2 aromatic carbocycles. The van der Waals surface area contributed by atoms with Gasteiger partial charge in [0.05, 0.1) is 5.56 Å². The second-order valence-corrected chi connectivity index (χ2v) is 14.5. The molecule has 1 saturated carbocycles. The van der Waals surface area contributed by atoms with E-state index < -0.39 is 51.0 Å². The molecule has 0 aliphatic heterocycles. The van der Waals surface area contributed by atoms with Gasteiger partial charge in [0.1, 0.15) is 22.8 Å². The number of aromatic hydroxyl groups is 1. The van der Waals surface area contributed by atoms with Gasteiger partial charge in [0.25, 0.3) is 0 Å². The van der Waals surface area contributed by atoms with Gasteiger partial charge in [0.2, 0.25) is 5.78 Å². The molecular weight excluding hydrogens is 556 g/mol. The van der Waals surface area contributed by atoms with Crippen LogP contribution in [0.3, 0.4) is 0 Å². The Morgan fingerprint density at radius 2 is 1.70 bits per heavy atom. The summed E-state index contributed by atoms with van der Waals surface area (Å²) in [5.74, 6) is -4.41. The quantitative estimate of drug-likeness (QED) is 0.280. The van der Waals surface area contributed by atoms with Crippen molar-refractivity contribution in [1.29, 1.82) is 0 Å². The summed E-state index contributed by atoms with van der Waals surface area (Å²) in [6.45, 7) is 8.27. The zero-order valence-corrected chi connectivity index (χ0v) is 26.2. The molecule has 1 unspecified atom stereocenters. The summed E-state index contributed by atoms with van der Waals surface area (Å²) in [5.41, 5.74) is -2.13. The minimum absolute atomic E-state index is 0.0452. The summed E-state index contributed by atoms with van der Waals surface area (Å²) in [7, 11) is 0. The fraction of sp³-hybridized carbons (Fsp3) is 0.486. The Morgan fingerprint density at radius 1 is 1.02 bits per heavy atom. The average molecular weight is 599 g/mol. The Bertz CT molecular complexity index is 1670. The summed E-state index contributed by atoms with van der Waals surface area (Å²) in [5, 5.41) is 46.5. The van der Waals surface area contributed by atoms with Crippen LogP contribution in [0.4, 0.5) is 0 Å². The zero-order chi connectivity index (χ0) is 31.9. The molecule has 0 heterocycles. The summed E-state index contributed by atoms with van der Waals surface area (Å²) < 4.78 is 0. The molecule has 44 heavy (non-hydrogen) atoms. The Morgan fingerprint density at radius 3 is 2.34 bits per heavy atom. The van der Waals surface area contributed by atoms with E-state index in [1.165, 1.54) is 37.3 Å². The number of ketones is 3. The third-order valence-corrected chi connectivity index (χ3v) is 11.1. The van der Waals surface area contributed by atoms with Crippen molar-refractivity contribution in [1.82, 2.24) is 0 Å². The molecule has 6 rings (SSSR count). The van der Waals surface area contributed by atoms with Gasteiger partial charge in [-0.2, -0.15) is 0 Å². The maximum Gasteiger partial charge on any atom is 0.209 e. The van der Waals surface area contributed by atoms with E-state index in [1.54, 1.807) is 6.92 Å². The van der Waals surface area contributed by atoms with Gasteiger partial charge in [-0.25, -0.2) is 0 Å². The fourth-order valence-electron chi connectivity index (χ4n) is 9.42. The van der Waals surface area contributed by atoms with Crippen molar-refractivity contribution in [3.8, 4) is 16.9 Å². The van der Waals surface area contributed by atoms with E-state index in [0.717, 1.165) is 24.5 Å². The SMILES string of the molecule is CC(=O)C1=C(O)C(C(C)C)[C@@]2(C)C[C@@]3(C)Cc4c(-c5cccc(CC6CCCC6)c5)ccc(O)c4C(=O)C3=C(O)[C@@]2(O)C1=O. The normalized spacial score (nSPS) is 30.5. The molecule has 0 aromatic heterocycles. The Balaban J connectivity index is 1.53. The number of hydrogen-bond donors (Lipinski definition) is 4. The smallest absolute Gasteiger partial charge is 0.209 e. The predicted octanol–water partition coefficient (Wildman–Crippen LogP) is 6.75. The summed E-state index contributed by atoms with van der Waals surface area (Å²) >= 11 is 0. The topological polar surface area (TPSA) is 132 Å². The van der Waals surface area contributed by atoms with Crippen molar-refractivity contribution < 1.29 is 34.8 Å². The van der Waals surface area contributed by atoms with Gasteiger partial charge in [-0.05, 0) is 66.3 Å². The van der Waals surface area contributed by atoms with Gasteiger partial charge in [-0.3, -0.25) is 14.4 Å². The summed E-state index contributed by atoms with van der Waals surface area (Å²) in [6.07, 6.45) is 6.30. The lowest BCUT2D eigenvalue weighted by atomic mass is 9.44. The molecule has 0 spiro atoms. The van der Waals surface area contributed by atoms with Crippen LogP contribution in [0.1, 0.15) is 88.2 Å². The second-order valence-electron chi connectivity index (χ2n) is 14.5. The Hall–Kier alpha value is -3.71. The van der Waals surface area contributed by atoms with E-state index in [0.29, 0.717) is 11.5 Å². The van der Waals surface area contributed by atoms with E-state index in [4.69, 9.17) is 0 Å². The van der Waals surface area contributed by atoms with Crippen molar-refractivity contribution in [2.75, 3.05) is 0 Å². The first-order valence-corrected chi connectivity index (χ1v) is 15.8. The first-order chi connectivity index (χ1) is 20.7. The molecule has 2 aromatic rings. The first-order valence-electron chi connectivity index (χ1n) is 15.8. The molecule has 0 radical (unpaired) electrons. The monoisotopic (exact) mass is 598 g/mol. The molecule has 232 valence electrons. The highest BCUT2D eigenvalue weighted by atomic mass is 16.3. The Kier molecular flexibility index (Phi) is 7.00. The molecule has 7 heteroatoms. The second kappa shape index (κ2) is 10.2. The van der Waals surface area contributed by atoms with Crippen LogP contribution in [0.25, 0.3) is 11.1 Å². The Labute approximate surface area is 258 Å². The van der Waals surface area contributed by atoms with Gasteiger partial charge in [-0.1, -0.05) is 83.7 Å². The lowest BCUT2D eigenvalue weighted by Gasteiger charge is -2.59. The number of allylic oxidation sites excluding steroid dienone is 2. The van der Waals surface area contributed by atoms with E-state index in [1.807, 2.05) is 39.0 Å². The molecule has 0 saturated heterocycles. The highest BCUT2D eigenvalue weighted by Crippen LogP contribution is 2.65. The molecule has 0 bridgehead atoms. The minimum atomic E-state index is -2.61. The number of benzene rings is 2. The molecule has 1 fully saturated rings. The summed E-state index contributed by atoms with van der Waals surface area (Å²) in [6, 6.07) is 11.6. The predicted molar refractivity (Wildman–Crippen MR) is 166 cm³/mol. The number of carbonyl (C=O) groups is 3.